The van der Waals surface area contributed by atoms with E-state index in [1.807, 2.05) is 27.7 Å². The molecular formula is C13H24O2. The van der Waals surface area contributed by atoms with Crippen LogP contribution in [0.4, 0.5) is 0 Å². The molecule has 0 saturated heterocycles. The summed E-state index contributed by atoms with van der Waals surface area (Å²) in [5.41, 5.74) is -0.458. The first-order valence-corrected chi connectivity index (χ1v) is 6.20. The molecule has 1 rings (SSSR count). The molecule has 0 aliphatic heterocycles. The fourth-order valence-electron chi connectivity index (χ4n) is 2.52. The topological polar surface area (TPSA) is 26.3 Å². The number of carbonyl (C=O) groups excluding carboxylic acids is 1. The van der Waals surface area contributed by atoms with E-state index in [2.05, 4.69) is 0 Å². The van der Waals surface area contributed by atoms with E-state index in [1.54, 1.807) is 0 Å². The van der Waals surface area contributed by atoms with Gasteiger partial charge in [0.25, 0.3) is 0 Å². The lowest BCUT2D eigenvalue weighted by atomic mass is 9.78. The molecule has 88 valence electrons. The van der Waals surface area contributed by atoms with Gasteiger partial charge in [-0.05, 0) is 26.7 Å². The lowest BCUT2D eigenvalue weighted by molar-refractivity contribution is -0.160. The van der Waals surface area contributed by atoms with Crippen LogP contribution in [0.1, 0.15) is 59.8 Å². The van der Waals surface area contributed by atoms with E-state index in [4.69, 9.17) is 4.74 Å². The smallest absolute Gasteiger partial charge is 0.167 e. The summed E-state index contributed by atoms with van der Waals surface area (Å²) in [5, 5.41) is 0. The van der Waals surface area contributed by atoms with E-state index in [0.717, 1.165) is 25.7 Å². The Morgan fingerprint density at radius 3 is 2.00 bits per heavy atom. The molecule has 2 nitrogen and oxygen atoms in total. The van der Waals surface area contributed by atoms with Crippen molar-refractivity contribution < 1.29 is 9.53 Å². The van der Waals surface area contributed by atoms with Crippen LogP contribution in [0.5, 0.6) is 0 Å². The zero-order valence-corrected chi connectivity index (χ0v) is 10.5. The molecule has 0 aromatic heterocycles. The highest BCUT2D eigenvalue weighted by Gasteiger charge is 2.41. The van der Waals surface area contributed by atoms with Crippen LogP contribution in [0, 0.1) is 5.92 Å². The molecule has 0 radical (unpaired) electrons. The van der Waals surface area contributed by atoms with Crippen molar-refractivity contribution in [2.45, 2.75) is 71.5 Å². The van der Waals surface area contributed by atoms with Crippen LogP contribution in [-0.4, -0.2) is 17.5 Å². The number of ether oxygens (including phenoxy) is 1. The monoisotopic (exact) mass is 212 g/mol. The van der Waals surface area contributed by atoms with Crippen molar-refractivity contribution in [3.63, 3.8) is 0 Å². The van der Waals surface area contributed by atoms with Gasteiger partial charge in [-0.15, -0.1) is 0 Å². The minimum absolute atomic E-state index is 0.0850. The molecule has 0 atom stereocenters. The Labute approximate surface area is 93.4 Å². The van der Waals surface area contributed by atoms with Crippen LogP contribution in [0.3, 0.4) is 0 Å². The Kier molecular flexibility index (Phi) is 4.32. The van der Waals surface area contributed by atoms with Crippen LogP contribution >= 0.6 is 0 Å². The molecule has 0 N–H and O–H groups in total. The van der Waals surface area contributed by atoms with Gasteiger partial charge in [-0.2, -0.15) is 0 Å². The summed E-state index contributed by atoms with van der Waals surface area (Å²) in [6, 6.07) is 0. The van der Waals surface area contributed by atoms with E-state index in [-0.39, 0.29) is 12.0 Å². The number of Topliss-reactive ketones (excluding diaryl/α,β-unsaturated/α-hetero) is 1. The maximum atomic E-state index is 12.2. The molecule has 1 fully saturated rings. The van der Waals surface area contributed by atoms with Crippen molar-refractivity contribution in [3.8, 4) is 0 Å². The summed E-state index contributed by atoms with van der Waals surface area (Å²) >= 11 is 0. The van der Waals surface area contributed by atoms with Gasteiger partial charge >= 0.3 is 0 Å². The molecule has 15 heavy (non-hydrogen) atoms. The molecule has 1 aliphatic carbocycles. The maximum absolute atomic E-state index is 12.2. The summed E-state index contributed by atoms with van der Waals surface area (Å²) < 4.78 is 5.95. The van der Waals surface area contributed by atoms with Gasteiger partial charge in [-0.25, -0.2) is 0 Å². The Morgan fingerprint density at radius 1 is 1.07 bits per heavy atom. The fourth-order valence-corrected chi connectivity index (χ4v) is 2.52. The summed E-state index contributed by atoms with van der Waals surface area (Å²) in [5.74, 6) is 0.387. The normalized spacial score (nSPS) is 20.9. The van der Waals surface area contributed by atoms with Crippen molar-refractivity contribution >= 4 is 5.78 Å². The summed E-state index contributed by atoms with van der Waals surface area (Å²) in [4.78, 5) is 12.2. The van der Waals surface area contributed by atoms with Gasteiger partial charge in [0.15, 0.2) is 5.78 Å². The summed E-state index contributed by atoms with van der Waals surface area (Å²) in [6.45, 7) is 7.98. The largest absolute Gasteiger partial charge is 0.365 e. The van der Waals surface area contributed by atoms with E-state index < -0.39 is 5.60 Å². The fraction of sp³-hybridized carbons (Fsp3) is 0.923. The number of hydrogen-bond acceptors (Lipinski definition) is 2. The third-order valence-corrected chi connectivity index (χ3v) is 3.10. The second kappa shape index (κ2) is 5.11. The number of rotatable bonds is 4. The number of hydrogen-bond donors (Lipinski definition) is 0. The predicted molar refractivity (Wildman–Crippen MR) is 61.9 cm³/mol. The third kappa shape index (κ3) is 3.04. The van der Waals surface area contributed by atoms with E-state index >= 15 is 0 Å². The zero-order valence-electron chi connectivity index (χ0n) is 10.5. The van der Waals surface area contributed by atoms with Gasteiger partial charge < -0.3 is 4.74 Å². The van der Waals surface area contributed by atoms with E-state index in [1.165, 1.54) is 6.42 Å². The molecule has 0 aromatic rings. The third-order valence-electron chi connectivity index (χ3n) is 3.10. The van der Waals surface area contributed by atoms with Gasteiger partial charge in [0.1, 0.15) is 5.60 Å². The minimum atomic E-state index is -0.458. The molecule has 1 aliphatic rings. The second-order valence-electron chi connectivity index (χ2n) is 5.24. The summed E-state index contributed by atoms with van der Waals surface area (Å²) in [7, 11) is 0. The SMILES string of the molecule is CC(C)OC1(C(=O)C(C)C)CCCCC1. The minimum Gasteiger partial charge on any atom is -0.365 e. The van der Waals surface area contributed by atoms with E-state index in [0.29, 0.717) is 5.78 Å². The molecule has 0 heterocycles. The lowest BCUT2D eigenvalue weighted by Crippen LogP contribution is -2.47. The Bertz CT molecular complexity index is 213. The van der Waals surface area contributed by atoms with Crippen LogP contribution in [0.15, 0.2) is 0 Å². The van der Waals surface area contributed by atoms with Crippen molar-refractivity contribution in [2.24, 2.45) is 5.92 Å². The molecule has 0 spiro atoms. The molecule has 0 aromatic carbocycles. The van der Waals surface area contributed by atoms with Crippen LogP contribution in [0.2, 0.25) is 0 Å². The molecule has 0 unspecified atom stereocenters. The standard InChI is InChI=1S/C13H24O2/c1-10(2)12(14)13(15-11(3)4)8-6-5-7-9-13/h10-11H,5-9H2,1-4H3. The van der Waals surface area contributed by atoms with Gasteiger partial charge in [-0.1, -0.05) is 33.1 Å². The molecule has 0 amide bonds. The van der Waals surface area contributed by atoms with Crippen molar-refractivity contribution in [3.05, 3.63) is 0 Å². The van der Waals surface area contributed by atoms with E-state index in [9.17, 15) is 4.79 Å². The Morgan fingerprint density at radius 2 is 1.60 bits per heavy atom. The Hall–Kier alpha value is -0.370. The first-order valence-electron chi connectivity index (χ1n) is 6.20. The molecule has 2 heteroatoms. The highest BCUT2D eigenvalue weighted by molar-refractivity contribution is 5.89. The Balaban J connectivity index is 2.79. The number of carbonyl (C=O) groups is 1. The van der Waals surface area contributed by atoms with Crippen molar-refractivity contribution in [1.29, 1.82) is 0 Å². The first-order chi connectivity index (χ1) is 6.98. The second-order valence-corrected chi connectivity index (χ2v) is 5.24. The zero-order chi connectivity index (χ0) is 11.5. The quantitative estimate of drug-likeness (QED) is 0.714. The maximum Gasteiger partial charge on any atom is 0.167 e. The highest BCUT2D eigenvalue weighted by Crippen LogP contribution is 2.35. The van der Waals surface area contributed by atoms with Crippen LogP contribution in [0.25, 0.3) is 0 Å². The molecular weight excluding hydrogens is 188 g/mol. The average molecular weight is 212 g/mol. The molecule has 0 bridgehead atoms. The van der Waals surface area contributed by atoms with Crippen molar-refractivity contribution in [2.75, 3.05) is 0 Å². The highest BCUT2D eigenvalue weighted by atomic mass is 16.5. The predicted octanol–water partition coefficient (Wildman–Crippen LogP) is 3.34. The van der Waals surface area contributed by atoms with Gasteiger partial charge in [0.2, 0.25) is 0 Å². The summed E-state index contributed by atoms with van der Waals surface area (Å²) in [6.07, 6.45) is 5.49. The average Bonchev–Trinajstić information content (AvgIpc) is 2.16. The number of ketones is 1. The van der Waals surface area contributed by atoms with Gasteiger partial charge in [0.05, 0.1) is 6.10 Å². The van der Waals surface area contributed by atoms with Gasteiger partial charge in [-0.3, -0.25) is 4.79 Å². The van der Waals surface area contributed by atoms with Crippen molar-refractivity contribution in [1.82, 2.24) is 0 Å². The van der Waals surface area contributed by atoms with Crippen LogP contribution < -0.4 is 0 Å². The lowest BCUT2D eigenvalue weighted by Gasteiger charge is -2.38. The molecule has 1 saturated carbocycles. The first kappa shape index (κ1) is 12.7. The van der Waals surface area contributed by atoms with Crippen LogP contribution in [-0.2, 0) is 9.53 Å². The van der Waals surface area contributed by atoms with Gasteiger partial charge in [0, 0.05) is 5.92 Å².